The van der Waals surface area contributed by atoms with Crippen molar-refractivity contribution in [2.24, 2.45) is 17.6 Å². The van der Waals surface area contributed by atoms with Gasteiger partial charge in [-0.1, -0.05) is 20.3 Å². The average molecular weight is 157 g/mol. The normalized spacial score (nSPS) is 15.5. The minimum absolute atomic E-state index is 0.197. The van der Waals surface area contributed by atoms with Crippen LogP contribution in [0.15, 0.2) is 0 Å². The number of hydrogen-bond donors (Lipinski definition) is 1. The number of carbonyl (C=O) groups excluding carboxylic acids is 2. The van der Waals surface area contributed by atoms with E-state index < -0.39 is 5.91 Å². The fourth-order valence-electron chi connectivity index (χ4n) is 0.980. The third-order valence-corrected chi connectivity index (χ3v) is 1.89. The maximum absolute atomic E-state index is 10.6. The Hall–Kier alpha value is -0.860. The summed E-state index contributed by atoms with van der Waals surface area (Å²) in [6.45, 7) is 3.67. The van der Waals surface area contributed by atoms with Crippen molar-refractivity contribution in [1.82, 2.24) is 0 Å². The Morgan fingerprint density at radius 1 is 1.64 bits per heavy atom. The first-order valence-electron chi connectivity index (χ1n) is 3.88. The molecule has 0 fully saturated rings. The minimum atomic E-state index is -0.393. The number of primary amides is 1. The Morgan fingerprint density at radius 2 is 2.18 bits per heavy atom. The van der Waals surface area contributed by atoms with Gasteiger partial charge in [0.25, 0.3) is 0 Å². The highest BCUT2D eigenvalue weighted by atomic mass is 16.1. The fraction of sp³-hybridized carbons (Fsp3) is 0.750. The van der Waals surface area contributed by atoms with Gasteiger partial charge in [-0.05, 0) is 6.42 Å². The molecule has 0 rings (SSSR count). The maximum atomic E-state index is 10.6. The number of rotatable bonds is 5. The molecule has 0 spiro atoms. The van der Waals surface area contributed by atoms with Crippen LogP contribution in [-0.4, -0.2) is 12.2 Å². The predicted molar refractivity (Wildman–Crippen MR) is 42.8 cm³/mol. The molecule has 0 aromatic rings. The van der Waals surface area contributed by atoms with Gasteiger partial charge in [-0.25, -0.2) is 0 Å². The second kappa shape index (κ2) is 4.88. The molecule has 64 valence electrons. The Kier molecular flexibility index (Phi) is 4.50. The van der Waals surface area contributed by atoms with Crippen LogP contribution < -0.4 is 5.73 Å². The first kappa shape index (κ1) is 10.1. The zero-order chi connectivity index (χ0) is 8.85. The molecule has 0 aromatic heterocycles. The van der Waals surface area contributed by atoms with Crippen molar-refractivity contribution in [2.45, 2.75) is 26.7 Å². The Labute approximate surface area is 67.0 Å². The Morgan fingerprint density at radius 3 is 2.45 bits per heavy atom. The lowest BCUT2D eigenvalue weighted by Crippen LogP contribution is -2.28. The summed E-state index contributed by atoms with van der Waals surface area (Å²) in [5, 5.41) is 0. The van der Waals surface area contributed by atoms with Crippen molar-refractivity contribution in [3.05, 3.63) is 0 Å². The highest BCUT2D eigenvalue weighted by molar-refractivity contribution is 5.79. The van der Waals surface area contributed by atoms with E-state index >= 15 is 0 Å². The zero-order valence-electron chi connectivity index (χ0n) is 7.04. The summed E-state index contributed by atoms with van der Waals surface area (Å²) in [7, 11) is 0. The summed E-state index contributed by atoms with van der Waals surface area (Å²) in [4.78, 5) is 21.1. The number of carbonyl (C=O) groups is 2. The van der Waals surface area contributed by atoms with Crippen LogP contribution in [0.1, 0.15) is 26.7 Å². The number of amides is 1. The van der Waals surface area contributed by atoms with Crippen LogP contribution in [0.4, 0.5) is 0 Å². The van der Waals surface area contributed by atoms with Gasteiger partial charge < -0.3 is 10.5 Å². The van der Waals surface area contributed by atoms with E-state index in [2.05, 4.69) is 0 Å². The third kappa shape index (κ3) is 3.16. The van der Waals surface area contributed by atoms with Crippen molar-refractivity contribution < 1.29 is 9.59 Å². The van der Waals surface area contributed by atoms with Crippen molar-refractivity contribution in [1.29, 1.82) is 0 Å². The molecular formula is C8H15NO2. The van der Waals surface area contributed by atoms with Crippen LogP contribution in [0.25, 0.3) is 0 Å². The number of aldehydes is 1. The topological polar surface area (TPSA) is 60.2 Å². The van der Waals surface area contributed by atoms with Gasteiger partial charge >= 0.3 is 0 Å². The van der Waals surface area contributed by atoms with Gasteiger partial charge in [-0.3, -0.25) is 4.79 Å². The van der Waals surface area contributed by atoms with Crippen LogP contribution in [0, 0.1) is 11.8 Å². The quantitative estimate of drug-likeness (QED) is 0.598. The molecular weight excluding hydrogens is 142 g/mol. The maximum Gasteiger partial charge on any atom is 0.220 e. The monoisotopic (exact) mass is 157 g/mol. The standard InChI is InChI=1S/C8H15NO2/c1-3-4-7(5-10)6(2)8(9)11/h5-7H,3-4H2,1-2H3,(H2,9,11). The molecule has 0 saturated carbocycles. The largest absolute Gasteiger partial charge is 0.369 e. The van der Waals surface area contributed by atoms with Crippen molar-refractivity contribution in [2.75, 3.05) is 0 Å². The van der Waals surface area contributed by atoms with E-state index in [1.54, 1.807) is 6.92 Å². The Bertz CT molecular complexity index is 145. The molecule has 0 bridgehead atoms. The van der Waals surface area contributed by atoms with E-state index in [1.165, 1.54) is 0 Å². The lowest BCUT2D eigenvalue weighted by atomic mass is 9.91. The molecule has 11 heavy (non-hydrogen) atoms. The van der Waals surface area contributed by atoms with E-state index in [1.807, 2.05) is 6.92 Å². The van der Waals surface area contributed by atoms with E-state index in [4.69, 9.17) is 5.73 Å². The van der Waals surface area contributed by atoms with Crippen molar-refractivity contribution in [3.63, 3.8) is 0 Å². The summed E-state index contributed by atoms with van der Waals surface area (Å²) in [6, 6.07) is 0. The molecule has 1 amide bonds. The molecule has 0 aliphatic rings. The van der Waals surface area contributed by atoms with Gasteiger partial charge in [0.2, 0.25) is 5.91 Å². The Balaban J connectivity index is 4.01. The molecule has 0 radical (unpaired) electrons. The summed E-state index contributed by atoms with van der Waals surface area (Å²) in [5.74, 6) is -0.916. The lowest BCUT2D eigenvalue weighted by Gasteiger charge is -2.13. The van der Waals surface area contributed by atoms with Gasteiger partial charge in [-0.2, -0.15) is 0 Å². The highest BCUT2D eigenvalue weighted by Gasteiger charge is 2.19. The van der Waals surface area contributed by atoms with Crippen molar-refractivity contribution in [3.8, 4) is 0 Å². The van der Waals surface area contributed by atoms with Gasteiger partial charge in [0.1, 0.15) is 6.29 Å². The molecule has 3 nitrogen and oxygen atoms in total. The molecule has 2 unspecified atom stereocenters. The van der Waals surface area contributed by atoms with Crippen LogP contribution in [0.5, 0.6) is 0 Å². The van der Waals surface area contributed by atoms with Crippen LogP contribution in [0.2, 0.25) is 0 Å². The molecule has 0 heterocycles. The van der Waals surface area contributed by atoms with Gasteiger partial charge in [0.15, 0.2) is 0 Å². The van der Waals surface area contributed by atoms with Crippen LogP contribution >= 0.6 is 0 Å². The molecule has 3 heteroatoms. The van der Waals surface area contributed by atoms with Crippen LogP contribution in [-0.2, 0) is 9.59 Å². The highest BCUT2D eigenvalue weighted by Crippen LogP contribution is 2.14. The lowest BCUT2D eigenvalue weighted by molar-refractivity contribution is -0.126. The number of nitrogens with two attached hydrogens (primary N) is 1. The molecule has 0 aliphatic heterocycles. The molecule has 2 atom stereocenters. The minimum Gasteiger partial charge on any atom is -0.369 e. The van der Waals surface area contributed by atoms with Gasteiger partial charge in [0.05, 0.1) is 0 Å². The van der Waals surface area contributed by atoms with E-state index in [0.717, 1.165) is 19.1 Å². The van der Waals surface area contributed by atoms with Gasteiger partial charge in [0, 0.05) is 11.8 Å². The summed E-state index contributed by atoms with van der Waals surface area (Å²) in [6.07, 6.45) is 2.47. The van der Waals surface area contributed by atoms with Crippen LogP contribution in [0.3, 0.4) is 0 Å². The number of hydrogen-bond acceptors (Lipinski definition) is 2. The van der Waals surface area contributed by atoms with E-state index in [9.17, 15) is 9.59 Å². The molecule has 2 N–H and O–H groups in total. The van der Waals surface area contributed by atoms with Crippen molar-refractivity contribution >= 4 is 12.2 Å². The first-order valence-corrected chi connectivity index (χ1v) is 3.88. The second-order valence-corrected chi connectivity index (χ2v) is 2.78. The fourth-order valence-corrected chi connectivity index (χ4v) is 0.980. The summed E-state index contributed by atoms with van der Waals surface area (Å²) in [5.41, 5.74) is 5.04. The summed E-state index contributed by atoms with van der Waals surface area (Å²) >= 11 is 0. The predicted octanol–water partition coefficient (Wildman–Crippen LogP) is 0.723. The molecule has 0 aromatic carbocycles. The zero-order valence-corrected chi connectivity index (χ0v) is 7.04. The average Bonchev–Trinajstić information content (AvgIpc) is 1.98. The smallest absolute Gasteiger partial charge is 0.220 e. The van der Waals surface area contributed by atoms with E-state index in [0.29, 0.717) is 0 Å². The third-order valence-electron chi connectivity index (χ3n) is 1.89. The molecule has 0 aliphatic carbocycles. The second-order valence-electron chi connectivity index (χ2n) is 2.78. The van der Waals surface area contributed by atoms with Gasteiger partial charge in [-0.15, -0.1) is 0 Å². The first-order chi connectivity index (χ1) is 5.13. The summed E-state index contributed by atoms with van der Waals surface area (Å²) < 4.78 is 0. The SMILES string of the molecule is CCCC(C=O)C(C)C(N)=O. The molecule has 0 saturated heterocycles. The van der Waals surface area contributed by atoms with E-state index in [-0.39, 0.29) is 11.8 Å².